The number of nitrogens with zero attached hydrogens (tertiary/aromatic N) is 1. The SMILES string of the molecule is CC1(C)O[C@@H]2C(COC(c3ccccc3)(c3ccccc3)c3ccccc3)OC(C(C#N)=CO)[C@]2(C)O1. The predicted molar refractivity (Wildman–Crippen MR) is 139 cm³/mol. The molecule has 3 aromatic rings. The van der Waals surface area contributed by atoms with Crippen LogP contribution in [0.15, 0.2) is 103 Å². The summed E-state index contributed by atoms with van der Waals surface area (Å²) in [5, 5.41) is 19.4. The van der Waals surface area contributed by atoms with Gasteiger partial charge in [-0.25, -0.2) is 0 Å². The number of rotatable bonds is 7. The van der Waals surface area contributed by atoms with Crippen LogP contribution >= 0.6 is 0 Å². The lowest BCUT2D eigenvalue weighted by molar-refractivity contribution is -0.203. The van der Waals surface area contributed by atoms with Crippen LogP contribution in [0.3, 0.4) is 0 Å². The summed E-state index contributed by atoms with van der Waals surface area (Å²) in [5.41, 5.74) is 1.10. The first-order valence-corrected chi connectivity index (χ1v) is 12.4. The summed E-state index contributed by atoms with van der Waals surface area (Å²) in [7, 11) is 0. The van der Waals surface area contributed by atoms with Crippen LogP contribution in [0, 0.1) is 11.3 Å². The van der Waals surface area contributed by atoms with Crippen LogP contribution in [0.2, 0.25) is 0 Å². The minimum atomic E-state index is -0.975. The monoisotopic (exact) mass is 497 g/mol. The van der Waals surface area contributed by atoms with Crippen molar-refractivity contribution < 1.29 is 24.1 Å². The van der Waals surface area contributed by atoms with Gasteiger partial charge in [0, 0.05) is 0 Å². The Hall–Kier alpha value is -3.47. The molecular weight excluding hydrogens is 466 g/mol. The minimum absolute atomic E-state index is 0.0803. The molecule has 0 aliphatic carbocycles. The van der Waals surface area contributed by atoms with E-state index in [1.165, 1.54) is 0 Å². The van der Waals surface area contributed by atoms with Crippen LogP contribution in [-0.4, -0.2) is 41.4 Å². The molecule has 0 bridgehead atoms. The van der Waals surface area contributed by atoms with Gasteiger partial charge in [-0.2, -0.15) is 5.26 Å². The standard InChI is InChI=1S/C31H31NO5/c1-29(2)36-28-26(35-27(22(19-32)20-33)30(28,3)37-29)21-34-31(23-13-7-4-8-14-23,24-15-9-5-10-16-24)25-17-11-6-12-18-25/h4-18,20,26-28,33H,21H2,1-3H3/t26?,27?,28-,30+/m1/s1. The maximum Gasteiger partial charge on any atom is 0.164 e. The molecule has 1 N–H and O–H groups in total. The van der Waals surface area contributed by atoms with Crippen molar-refractivity contribution >= 4 is 0 Å². The second-order valence-corrected chi connectivity index (χ2v) is 10.1. The largest absolute Gasteiger partial charge is 0.514 e. The van der Waals surface area contributed by atoms with E-state index in [0.29, 0.717) is 0 Å². The second-order valence-electron chi connectivity index (χ2n) is 10.1. The third-order valence-corrected chi connectivity index (χ3v) is 7.17. The van der Waals surface area contributed by atoms with Crippen LogP contribution in [0.25, 0.3) is 0 Å². The topological polar surface area (TPSA) is 80.9 Å². The minimum Gasteiger partial charge on any atom is -0.514 e. The number of nitriles is 1. The first-order valence-electron chi connectivity index (χ1n) is 12.4. The number of ether oxygens (including phenoxy) is 4. The lowest BCUT2D eigenvalue weighted by Crippen LogP contribution is -2.45. The van der Waals surface area contributed by atoms with E-state index < -0.39 is 35.3 Å². The van der Waals surface area contributed by atoms with E-state index >= 15 is 0 Å². The molecule has 6 heteroatoms. The highest BCUT2D eigenvalue weighted by Gasteiger charge is 2.64. The zero-order valence-corrected chi connectivity index (χ0v) is 21.2. The molecule has 0 radical (unpaired) electrons. The first kappa shape index (κ1) is 25.2. The van der Waals surface area contributed by atoms with Gasteiger partial charge in [-0.3, -0.25) is 0 Å². The lowest BCUT2D eigenvalue weighted by Gasteiger charge is -2.37. The van der Waals surface area contributed by atoms with Crippen LogP contribution in [0.5, 0.6) is 0 Å². The van der Waals surface area contributed by atoms with Gasteiger partial charge in [-0.1, -0.05) is 91.0 Å². The maximum absolute atomic E-state index is 9.75. The Bertz CT molecular complexity index is 1190. The fourth-order valence-corrected chi connectivity index (χ4v) is 5.70. The van der Waals surface area contributed by atoms with Gasteiger partial charge in [0.25, 0.3) is 0 Å². The number of hydrogen-bond acceptors (Lipinski definition) is 6. The van der Waals surface area contributed by atoms with E-state index in [1.807, 2.05) is 81.4 Å². The van der Waals surface area contributed by atoms with E-state index in [2.05, 4.69) is 36.4 Å². The van der Waals surface area contributed by atoms with E-state index in [9.17, 15) is 10.4 Å². The summed E-state index contributed by atoms with van der Waals surface area (Å²) in [6, 6.07) is 32.3. The van der Waals surface area contributed by atoms with Crippen molar-refractivity contribution in [1.29, 1.82) is 5.26 Å². The summed E-state index contributed by atoms with van der Waals surface area (Å²) < 4.78 is 25.9. The fraction of sp³-hybridized carbons (Fsp3) is 0.323. The molecule has 4 atom stereocenters. The molecule has 0 saturated carbocycles. The quantitative estimate of drug-likeness (QED) is 0.259. The Morgan fingerprint density at radius 1 is 0.919 bits per heavy atom. The van der Waals surface area contributed by atoms with Crippen LogP contribution in [-0.2, 0) is 24.5 Å². The average molecular weight is 498 g/mol. The van der Waals surface area contributed by atoms with Gasteiger partial charge in [0.15, 0.2) is 5.79 Å². The molecule has 37 heavy (non-hydrogen) atoms. The van der Waals surface area contributed by atoms with Gasteiger partial charge < -0.3 is 24.1 Å². The molecule has 2 aliphatic heterocycles. The molecule has 2 heterocycles. The molecule has 3 aromatic carbocycles. The van der Waals surface area contributed by atoms with Crippen molar-refractivity contribution in [2.75, 3.05) is 6.61 Å². The zero-order valence-electron chi connectivity index (χ0n) is 21.2. The van der Waals surface area contributed by atoms with E-state index in [1.54, 1.807) is 0 Å². The number of hydrogen-bond donors (Lipinski definition) is 1. The summed E-state index contributed by atoms with van der Waals surface area (Å²) in [4.78, 5) is 0. The van der Waals surface area contributed by atoms with Crippen molar-refractivity contribution in [2.24, 2.45) is 0 Å². The van der Waals surface area contributed by atoms with E-state index in [-0.39, 0.29) is 12.2 Å². The average Bonchev–Trinajstić information content (AvgIpc) is 3.32. The highest BCUT2D eigenvalue weighted by Crippen LogP contribution is 2.49. The van der Waals surface area contributed by atoms with Crippen molar-refractivity contribution in [3.63, 3.8) is 0 Å². The number of fused-ring (bicyclic) bond motifs is 1. The predicted octanol–water partition coefficient (Wildman–Crippen LogP) is 5.64. The Labute approximate surface area is 217 Å². The molecule has 0 aromatic heterocycles. The van der Waals surface area contributed by atoms with Crippen LogP contribution in [0.4, 0.5) is 0 Å². The Morgan fingerprint density at radius 2 is 1.41 bits per heavy atom. The lowest BCUT2D eigenvalue weighted by atomic mass is 9.80. The van der Waals surface area contributed by atoms with Crippen molar-refractivity contribution in [2.45, 2.75) is 56.1 Å². The summed E-state index contributed by atoms with van der Waals surface area (Å²) >= 11 is 0. The van der Waals surface area contributed by atoms with Gasteiger partial charge >= 0.3 is 0 Å². The molecule has 2 saturated heterocycles. The highest BCUT2D eigenvalue weighted by molar-refractivity contribution is 5.47. The molecule has 0 amide bonds. The third kappa shape index (κ3) is 4.35. The van der Waals surface area contributed by atoms with Gasteiger partial charge in [-0.15, -0.1) is 0 Å². The molecule has 190 valence electrons. The first-order chi connectivity index (χ1) is 17.8. The van der Waals surface area contributed by atoms with E-state index in [4.69, 9.17) is 18.9 Å². The number of aliphatic hydroxyl groups excluding tert-OH is 1. The van der Waals surface area contributed by atoms with Crippen LogP contribution < -0.4 is 0 Å². The third-order valence-electron chi connectivity index (χ3n) is 7.17. The summed E-state index contributed by atoms with van der Waals surface area (Å²) in [6.45, 7) is 5.68. The molecule has 0 spiro atoms. The number of benzene rings is 3. The van der Waals surface area contributed by atoms with Crippen molar-refractivity contribution in [1.82, 2.24) is 0 Å². The van der Waals surface area contributed by atoms with Gasteiger partial charge in [0.1, 0.15) is 35.6 Å². The molecule has 5 rings (SSSR count). The van der Waals surface area contributed by atoms with Gasteiger partial charge in [0.05, 0.1) is 18.4 Å². The molecule has 2 fully saturated rings. The Kier molecular flexibility index (Phi) is 6.65. The maximum atomic E-state index is 9.75. The van der Waals surface area contributed by atoms with Crippen molar-refractivity contribution in [3.05, 3.63) is 120 Å². The summed E-state index contributed by atoms with van der Waals surface area (Å²) in [5.74, 6) is -0.884. The van der Waals surface area contributed by atoms with Gasteiger partial charge in [-0.05, 0) is 37.5 Å². The smallest absolute Gasteiger partial charge is 0.164 e. The van der Waals surface area contributed by atoms with E-state index in [0.717, 1.165) is 23.0 Å². The Balaban J connectivity index is 1.58. The molecule has 6 nitrogen and oxygen atoms in total. The molecule has 2 unspecified atom stereocenters. The normalized spacial score (nSPS) is 27.0. The Morgan fingerprint density at radius 3 is 1.84 bits per heavy atom. The van der Waals surface area contributed by atoms with Gasteiger partial charge in [0.2, 0.25) is 0 Å². The van der Waals surface area contributed by atoms with Crippen molar-refractivity contribution in [3.8, 4) is 6.07 Å². The summed E-state index contributed by atoms with van der Waals surface area (Å²) in [6.07, 6.45) is -1.10. The fourth-order valence-electron chi connectivity index (χ4n) is 5.70. The zero-order chi connectivity index (χ0) is 26.1. The van der Waals surface area contributed by atoms with Crippen LogP contribution in [0.1, 0.15) is 37.5 Å². The molecular formula is C31H31NO5. The molecule has 2 aliphatic rings. The second kappa shape index (κ2) is 9.77. The highest BCUT2D eigenvalue weighted by atomic mass is 16.8. The number of aliphatic hydroxyl groups is 1.